The van der Waals surface area contributed by atoms with Gasteiger partial charge in [-0.25, -0.2) is 0 Å². The van der Waals surface area contributed by atoms with E-state index in [9.17, 15) is 4.79 Å². The average Bonchev–Trinajstić information content (AvgIpc) is 2.77. The van der Waals surface area contributed by atoms with Crippen LogP contribution in [0.4, 0.5) is 0 Å². The predicted molar refractivity (Wildman–Crippen MR) is 79.7 cm³/mol. The second-order valence-corrected chi connectivity index (χ2v) is 5.93. The number of fused-ring (bicyclic) bond motifs is 2. The Hall–Kier alpha value is -1.75. The molecule has 2 N–H and O–H groups in total. The van der Waals surface area contributed by atoms with Crippen LogP contribution in [0.2, 0.25) is 0 Å². The smallest absolute Gasteiger partial charge is 0.254 e. The van der Waals surface area contributed by atoms with Crippen molar-refractivity contribution in [2.24, 2.45) is 5.73 Å². The number of carbonyl (C=O) groups excluding carboxylic acids is 1. The number of piperidine rings is 1. The van der Waals surface area contributed by atoms with Crippen molar-refractivity contribution >= 4 is 5.91 Å². The lowest BCUT2D eigenvalue weighted by molar-refractivity contribution is 0.0574. The van der Waals surface area contributed by atoms with Crippen LogP contribution in [0.3, 0.4) is 0 Å². The SMILES string of the molecule is COc1cc(OC)cc(C(=O)N2C3CCC2CC(N)C3)c1. The van der Waals surface area contributed by atoms with Crippen molar-refractivity contribution in [1.29, 1.82) is 0 Å². The van der Waals surface area contributed by atoms with Crippen LogP contribution in [0.5, 0.6) is 11.5 Å². The number of nitrogens with two attached hydrogens (primary N) is 1. The Morgan fingerprint density at radius 1 is 1.10 bits per heavy atom. The molecular weight excluding hydrogens is 268 g/mol. The van der Waals surface area contributed by atoms with Crippen molar-refractivity contribution in [3.8, 4) is 11.5 Å². The molecule has 0 spiro atoms. The highest BCUT2D eigenvalue weighted by Crippen LogP contribution is 2.37. The number of benzene rings is 1. The summed E-state index contributed by atoms with van der Waals surface area (Å²) in [6, 6.07) is 6.12. The van der Waals surface area contributed by atoms with Gasteiger partial charge in [-0.1, -0.05) is 0 Å². The first-order valence-electron chi connectivity index (χ1n) is 7.43. The van der Waals surface area contributed by atoms with E-state index in [0.717, 1.165) is 25.7 Å². The third kappa shape index (κ3) is 2.58. The molecule has 0 saturated carbocycles. The summed E-state index contributed by atoms with van der Waals surface area (Å²) in [5.41, 5.74) is 6.69. The minimum absolute atomic E-state index is 0.0617. The number of ether oxygens (including phenoxy) is 2. The summed E-state index contributed by atoms with van der Waals surface area (Å²) in [6.45, 7) is 0. The van der Waals surface area contributed by atoms with Gasteiger partial charge in [0.15, 0.2) is 0 Å². The van der Waals surface area contributed by atoms with Gasteiger partial charge < -0.3 is 20.1 Å². The quantitative estimate of drug-likeness (QED) is 0.922. The molecule has 0 radical (unpaired) electrons. The summed E-state index contributed by atoms with van der Waals surface area (Å²) < 4.78 is 10.5. The van der Waals surface area contributed by atoms with Crippen LogP contribution in [0.1, 0.15) is 36.0 Å². The van der Waals surface area contributed by atoms with Crippen LogP contribution >= 0.6 is 0 Å². The molecule has 3 rings (SSSR count). The van der Waals surface area contributed by atoms with Gasteiger partial charge in [-0.05, 0) is 37.8 Å². The molecule has 5 heteroatoms. The third-order valence-electron chi connectivity index (χ3n) is 4.60. The molecule has 0 aromatic heterocycles. The Morgan fingerprint density at radius 2 is 1.62 bits per heavy atom. The predicted octanol–water partition coefficient (Wildman–Crippen LogP) is 1.80. The maximum Gasteiger partial charge on any atom is 0.254 e. The maximum atomic E-state index is 12.9. The van der Waals surface area contributed by atoms with Crippen molar-refractivity contribution in [2.75, 3.05) is 14.2 Å². The lowest BCUT2D eigenvalue weighted by Gasteiger charge is -2.37. The fourth-order valence-electron chi connectivity index (χ4n) is 3.63. The fourth-order valence-corrected chi connectivity index (χ4v) is 3.63. The first-order chi connectivity index (χ1) is 10.1. The van der Waals surface area contributed by atoms with Gasteiger partial charge in [0, 0.05) is 29.8 Å². The summed E-state index contributed by atoms with van der Waals surface area (Å²) in [5.74, 6) is 1.34. The van der Waals surface area contributed by atoms with Gasteiger partial charge in [0.2, 0.25) is 0 Å². The topological polar surface area (TPSA) is 64.8 Å². The summed E-state index contributed by atoms with van der Waals surface area (Å²) in [7, 11) is 3.18. The molecule has 2 heterocycles. The molecule has 21 heavy (non-hydrogen) atoms. The zero-order valence-corrected chi connectivity index (χ0v) is 12.5. The third-order valence-corrected chi connectivity index (χ3v) is 4.60. The van der Waals surface area contributed by atoms with Gasteiger partial charge in [0.25, 0.3) is 5.91 Å². The van der Waals surface area contributed by atoms with Gasteiger partial charge in [0.05, 0.1) is 14.2 Å². The highest BCUT2D eigenvalue weighted by molar-refractivity contribution is 5.95. The normalized spacial score (nSPS) is 27.6. The zero-order valence-electron chi connectivity index (χ0n) is 12.5. The summed E-state index contributed by atoms with van der Waals surface area (Å²) in [6.07, 6.45) is 3.93. The second kappa shape index (κ2) is 5.56. The Bertz CT molecular complexity index is 510. The Morgan fingerprint density at radius 3 is 2.10 bits per heavy atom. The molecule has 5 nitrogen and oxygen atoms in total. The molecular formula is C16H22N2O3. The molecule has 2 saturated heterocycles. The molecule has 2 fully saturated rings. The number of amides is 1. The molecule has 2 aliphatic heterocycles. The van der Waals surface area contributed by atoms with Crippen molar-refractivity contribution < 1.29 is 14.3 Å². The van der Waals surface area contributed by atoms with E-state index < -0.39 is 0 Å². The van der Waals surface area contributed by atoms with Crippen LogP contribution in [0.15, 0.2) is 18.2 Å². The van der Waals surface area contributed by atoms with Crippen LogP contribution in [-0.2, 0) is 0 Å². The highest BCUT2D eigenvalue weighted by Gasteiger charge is 2.42. The first-order valence-corrected chi connectivity index (χ1v) is 7.43. The van der Waals surface area contributed by atoms with Crippen molar-refractivity contribution in [3.05, 3.63) is 23.8 Å². The molecule has 1 aromatic rings. The van der Waals surface area contributed by atoms with Crippen LogP contribution in [0.25, 0.3) is 0 Å². The van der Waals surface area contributed by atoms with E-state index in [4.69, 9.17) is 15.2 Å². The summed E-state index contributed by atoms with van der Waals surface area (Å²) >= 11 is 0. The van der Waals surface area contributed by atoms with Crippen LogP contribution < -0.4 is 15.2 Å². The van der Waals surface area contributed by atoms with Gasteiger partial charge >= 0.3 is 0 Å². The van der Waals surface area contributed by atoms with Crippen LogP contribution in [0, 0.1) is 0 Å². The Balaban J connectivity index is 1.89. The van der Waals surface area contributed by atoms with Crippen LogP contribution in [-0.4, -0.2) is 43.2 Å². The monoisotopic (exact) mass is 290 g/mol. The molecule has 2 bridgehead atoms. The Labute approximate surface area is 125 Å². The first kappa shape index (κ1) is 14.2. The number of hydrogen-bond acceptors (Lipinski definition) is 4. The van der Waals surface area contributed by atoms with E-state index in [2.05, 4.69) is 0 Å². The van der Waals surface area contributed by atoms with E-state index in [1.807, 2.05) is 4.90 Å². The van der Waals surface area contributed by atoms with E-state index in [1.54, 1.807) is 32.4 Å². The average molecular weight is 290 g/mol. The standard InChI is InChI=1S/C16H22N2O3/c1-20-14-5-10(6-15(9-14)21-2)16(19)18-12-3-4-13(18)8-11(17)7-12/h5-6,9,11-13H,3-4,7-8,17H2,1-2H3. The number of carbonyl (C=O) groups is 1. The van der Waals surface area contributed by atoms with E-state index in [-0.39, 0.29) is 24.0 Å². The number of rotatable bonds is 3. The lowest BCUT2D eigenvalue weighted by atomic mass is 9.97. The van der Waals surface area contributed by atoms with Crippen molar-refractivity contribution in [1.82, 2.24) is 4.90 Å². The van der Waals surface area contributed by atoms with Gasteiger partial charge in [0.1, 0.15) is 11.5 Å². The molecule has 2 unspecified atom stereocenters. The van der Waals surface area contributed by atoms with Gasteiger partial charge in [-0.2, -0.15) is 0 Å². The molecule has 1 amide bonds. The molecule has 1 aromatic carbocycles. The minimum Gasteiger partial charge on any atom is -0.497 e. The van der Waals surface area contributed by atoms with E-state index >= 15 is 0 Å². The molecule has 0 aliphatic carbocycles. The van der Waals surface area contributed by atoms with E-state index in [0.29, 0.717) is 17.1 Å². The highest BCUT2D eigenvalue weighted by atomic mass is 16.5. The summed E-state index contributed by atoms with van der Waals surface area (Å²) in [5, 5.41) is 0. The van der Waals surface area contributed by atoms with Crippen molar-refractivity contribution in [3.63, 3.8) is 0 Å². The molecule has 2 aliphatic rings. The zero-order chi connectivity index (χ0) is 15.0. The van der Waals surface area contributed by atoms with Crippen molar-refractivity contribution in [2.45, 2.75) is 43.8 Å². The number of nitrogens with zero attached hydrogens (tertiary/aromatic N) is 1. The minimum atomic E-state index is 0.0617. The van der Waals surface area contributed by atoms with Gasteiger partial charge in [-0.3, -0.25) is 4.79 Å². The Kier molecular flexibility index (Phi) is 3.76. The number of methoxy groups -OCH3 is 2. The van der Waals surface area contributed by atoms with Gasteiger partial charge in [-0.15, -0.1) is 0 Å². The largest absolute Gasteiger partial charge is 0.497 e. The maximum absolute atomic E-state index is 12.9. The van der Waals surface area contributed by atoms with E-state index in [1.165, 1.54) is 0 Å². The molecule has 2 atom stereocenters. The fraction of sp³-hybridized carbons (Fsp3) is 0.562. The lowest BCUT2D eigenvalue weighted by Crippen LogP contribution is -2.50. The molecule has 114 valence electrons. The second-order valence-electron chi connectivity index (χ2n) is 5.93. The number of hydrogen-bond donors (Lipinski definition) is 1. The summed E-state index contributed by atoms with van der Waals surface area (Å²) in [4.78, 5) is 14.9.